The monoisotopic (exact) mass is 500 g/mol. The first kappa shape index (κ1) is 26.3. The maximum atomic E-state index is 13.7. The molecule has 0 heterocycles. The molecule has 0 bridgehead atoms. The fourth-order valence-corrected chi connectivity index (χ4v) is 4.82. The SMILES string of the molecule is COc1cccc(CN(C(=O)COc2cccc(C)c2)C(Cc2ccccc2)C(=O)NC2CCCC2)c1. The van der Waals surface area contributed by atoms with E-state index in [1.54, 1.807) is 12.0 Å². The maximum absolute atomic E-state index is 13.7. The summed E-state index contributed by atoms with van der Waals surface area (Å²) in [5.41, 5.74) is 2.93. The number of nitrogens with zero attached hydrogens (tertiary/aromatic N) is 1. The van der Waals surface area contributed by atoms with Crippen LogP contribution in [0.25, 0.3) is 0 Å². The van der Waals surface area contributed by atoms with Crippen molar-refractivity contribution in [3.63, 3.8) is 0 Å². The topological polar surface area (TPSA) is 67.9 Å². The number of ether oxygens (including phenoxy) is 2. The number of methoxy groups -OCH3 is 1. The third kappa shape index (κ3) is 7.59. The van der Waals surface area contributed by atoms with Crippen molar-refractivity contribution in [1.29, 1.82) is 0 Å². The smallest absolute Gasteiger partial charge is 0.261 e. The molecule has 4 rings (SSSR count). The Balaban J connectivity index is 1.62. The predicted molar refractivity (Wildman–Crippen MR) is 145 cm³/mol. The minimum absolute atomic E-state index is 0.123. The Kier molecular flexibility index (Phi) is 9.19. The molecule has 0 spiro atoms. The van der Waals surface area contributed by atoms with Crippen molar-refractivity contribution in [3.8, 4) is 11.5 Å². The van der Waals surface area contributed by atoms with Gasteiger partial charge in [0, 0.05) is 19.0 Å². The molecule has 6 nitrogen and oxygen atoms in total. The Hall–Kier alpha value is -3.80. The maximum Gasteiger partial charge on any atom is 0.261 e. The van der Waals surface area contributed by atoms with Crippen LogP contribution in [0, 0.1) is 6.92 Å². The molecule has 37 heavy (non-hydrogen) atoms. The zero-order valence-corrected chi connectivity index (χ0v) is 21.7. The second kappa shape index (κ2) is 12.9. The van der Waals surface area contributed by atoms with E-state index in [1.165, 1.54) is 0 Å². The average Bonchev–Trinajstić information content (AvgIpc) is 3.43. The lowest BCUT2D eigenvalue weighted by Crippen LogP contribution is -2.53. The Morgan fingerprint density at radius 3 is 2.35 bits per heavy atom. The summed E-state index contributed by atoms with van der Waals surface area (Å²) in [6.45, 7) is 2.09. The van der Waals surface area contributed by atoms with Crippen LogP contribution in [0.5, 0.6) is 11.5 Å². The minimum atomic E-state index is -0.678. The van der Waals surface area contributed by atoms with E-state index >= 15 is 0 Å². The zero-order chi connectivity index (χ0) is 26.0. The molecule has 0 aliphatic heterocycles. The fourth-order valence-electron chi connectivity index (χ4n) is 4.82. The van der Waals surface area contributed by atoms with Gasteiger partial charge in [0.1, 0.15) is 17.5 Å². The quantitative estimate of drug-likeness (QED) is 0.399. The Bertz CT molecular complexity index is 1170. The van der Waals surface area contributed by atoms with Gasteiger partial charge in [0.25, 0.3) is 5.91 Å². The van der Waals surface area contributed by atoms with E-state index in [1.807, 2.05) is 85.8 Å². The van der Waals surface area contributed by atoms with Crippen LogP contribution < -0.4 is 14.8 Å². The lowest BCUT2D eigenvalue weighted by atomic mass is 10.0. The number of carbonyl (C=O) groups excluding carboxylic acids is 2. The third-order valence-electron chi connectivity index (χ3n) is 6.81. The predicted octanol–water partition coefficient (Wildman–Crippen LogP) is 5.08. The fraction of sp³-hybridized carbons (Fsp3) is 0.355. The van der Waals surface area contributed by atoms with Gasteiger partial charge in [0.05, 0.1) is 7.11 Å². The first-order valence-electron chi connectivity index (χ1n) is 13.0. The number of benzene rings is 3. The number of nitrogens with one attached hydrogen (secondary N) is 1. The average molecular weight is 501 g/mol. The molecule has 1 unspecified atom stereocenters. The van der Waals surface area contributed by atoms with Crippen molar-refractivity contribution < 1.29 is 19.1 Å². The van der Waals surface area contributed by atoms with Crippen molar-refractivity contribution in [2.45, 2.75) is 57.7 Å². The molecule has 3 aromatic carbocycles. The van der Waals surface area contributed by atoms with Crippen molar-refractivity contribution in [2.24, 2.45) is 0 Å². The number of rotatable bonds is 11. The summed E-state index contributed by atoms with van der Waals surface area (Å²) in [4.78, 5) is 29.1. The Morgan fingerprint density at radius 1 is 0.919 bits per heavy atom. The van der Waals surface area contributed by atoms with Crippen LogP contribution in [0.15, 0.2) is 78.9 Å². The van der Waals surface area contributed by atoms with Gasteiger partial charge in [0.15, 0.2) is 6.61 Å². The molecule has 1 aliphatic carbocycles. The summed E-state index contributed by atoms with van der Waals surface area (Å²) in [5.74, 6) is 0.968. The molecule has 0 radical (unpaired) electrons. The summed E-state index contributed by atoms with van der Waals surface area (Å²) in [6.07, 6.45) is 4.60. The van der Waals surface area contributed by atoms with Gasteiger partial charge in [-0.05, 0) is 60.7 Å². The summed E-state index contributed by atoms with van der Waals surface area (Å²) >= 11 is 0. The molecule has 194 valence electrons. The van der Waals surface area contributed by atoms with Crippen LogP contribution >= 0.6 is 0 Å². The highest BCUT2D eigenvalue weighted by Crippen LogP contribution is 2.21. The molecule has 3 aromatic rings. The van der Waals surface area contributed by atoms with E-state index in [9.17, 15) is 9.59 Å². The normalized spacial score (nSPS) is 14.1. The van der Waals surface area contributed by atoms with Crippen LogP contribution in [-0.4, -0.2) is 42.5 Å². The van der Waals surface area contributed by atoms with Crippen LogP contribution in [0.4, 0.5) is 0 Å². The van der Waals surface area contributed by atoms with E-state index in [0.29, 0.717) is 17.9 Å². The van der Waals surface area contributed by atoms with Gasteiger partial charge in [-0.15, -0.1) is 0 Å². The highest BCUT2D eigenvalue weighted by Gasteiger charge is 2.32. The second-order valence-electron chi connectivity index (χ2n) is 9.67. The molecule has 6 heteroatoms. The first-order valence-corrected chi connectivity index (χ1v) is 13.0. The van der Waals surface area contributed by atoms with Crippen LogP contribution in [-0.2, 0) is 22.6 Å². The molecule has 2 amide bonds. The molecule has 1 aliphatic rings. The summed E-state index contributed by atoms with van der Waals surface area (Å²) in [5, 5.41) is 3.23. The van der Waals surface area contributed by atoms with Crippen LogP contribution in [0.2, 0.25) is 0 Å². The van der Waals surface area contributed by atoms with Crippen molar-refractivity contribution >= 4 is 11.8 Å². The van der Waals surface area contributed by atoms with Gasteiger partial charge in [-0.2, -0.15) is 0 Å². The van der Waals surface area contributed by atoms with E-state index in [4.69, 9.17) is 9.47 Å². The van der Waals surface area contributed by atoms with E-state index in [2.05, 4.69) is 5.32 Å². The first-order chi connectivity index (χ1) is 18.0. The van der Waals surface area contributed by atoms with Gasteiger partial charge in [-0.1, -0.05) is 67.4 Å². The highest BCUT2D eigenvalue weighted by molar-refractivity contribution is 5.88. The van der Waals surface area contributed by atoms with E-state index in [-0.39, 0.29) is 31.0 Å². The standard InChI is InChI=1S/C31H36N2O4/c1-23-10-8-17-28(18-23)37-22-30(34)33(21-25-13-9-16-27(19-25)36-2)29(20-24-11-4-3-5-12-24)31(35)32-26-14-6-7-15-26/h3-5,8-13,16-19,26,29H,6-7,14-15,20-22H2,1-2H3,(H,32,35). The molecule has 1 fully saturated rings. The van der Waals surface area contributed by atoms with Crippen LogP contribution in [0.3, 0.4) is 0 Å². The lowest BCUT2D eigenvalue weighted by molar-refractivity contribution is -0.143. The minimum Gasteiger partial charge on any atom is -0.497 e. The van der Waals surface area contributed by atoms with Gasteiger partial charge in [-0.25, -0.2) is 0 Å². The molecule has 0 aromatic heterocycles. The number of hydrogen-bond acceptors (Lipinski definition) is 4. The molecular formula is C31H36N2O4. The van der Waals surface area contributed by atoms with Crippen LogP contribution in [0.1, 0.15) is 42.4 Å². The number of aryl methyl sites for hydroxylation is 1. The van der Waals surface area contributed by atoms with Crippen molar-refractivity contribution in [3.05, 3.63) is 95.6 Å². The van der Waals surface area contributed by atoms with Crippen molar-refractivity contribution in [2.75, 3.05) is 13.7 Å². The molecule has 1 N–H and O–H groups in total. The van der Waals surface area contributed by atoms with Gasteiger partial charge < -0.3 is 19.7 Å². The molecule has 1 atom stereocenters. The summed E-state index contributed by atoms with van der Waals surface area (Å²) in [6, 6.07) is 24.5. The molecular weight excluding hydrogens is 464 g/mol. The largest absolute Gasteiger partial charge is 0.497 e. The Labute approximate surface area is 219 Å². The highest BCUT2D eigenvalue weighted by atomic mass is 16.5. The zero-order valence-electron chi connectivity index (χ0n) is 21.7. The number of amides is 2. The van der Waals surface area contributed by atoms with Gasteiger partial charge >= 0.3 is 0 Å². The molecule has 1 saturated carbocycles. The third-order valence-corrected chi connectivity index (χ3v) is 6.81. The molecule has 0 saturated heterocycles. The second-order valence-corrected chi connectivity index (χ2v) is 9.67. The number of hydrogen-bond donors (Lipinski definition) is 1. The van der Waals surface area contributed by atoms with E-state index in [0.717, 1.165) is 42.4 Å². The lowest BCUT2D eigenvalue weighted by Gasteiger charge is -2.32. The van der Waals surface area contributed by atoms with E-state index < -0.39 is 6.04 Å². The van der Waals surface area contributed by atoms with Crippen molar-refractivity contribution in [1.82, 2.24) is 10.2 Å². The van der Waals surface area contributed by atoms with Gasteiger partial charge in [-0.3, -0.25) is 9.59 Å². The summed E-state index contributed by atoms with van der Waals surface area (Å²) < 4.78 is 11.3. The Morgan fingerprint density at radius 2 is 1.62 bits per heavy atom. The van der Waals surface area contributed by atoms with Gasteiger partial charge in [0.2, 0.25) is 5.91 Å². The number of carbonyl (C=O) groups is 2. The summed E-state index contributed by atoms with van der Waals surface area (Å²) in [7, 11) is 1.62.